The molecule has 0 aromatic rings. The standard InChI is InChI=1S/C11H20ClN3O2/c1-2-13-11(17)15-8-6-14(7-9-15)10(16)4-3-5-12/h2-9H2,1H3,(H,13,17). The molecule has 1 aliphatic heterocycles. The van der Waals surface area contributed by atoms with E-state index in [1.807, 2.05) is 11.8 Å². The molecular weight excluding hydrogens is 242 g/mol. The summed E-state index contributed by atoms with van der Waals surface area (Å²) in [5.41, 5.74) is 0. The number of hydrogen-bond acceptors (Lipinski definition) is 2. The van der Waals surface area contributed by atoms with E-state index >= 15 is 0 Å². The summed E-state index contributed by atoms with van der Waals surface area (Å²) in [5.74, 6) is 0.658. The summed E-state index contributed by atoms with van der Waals surface area (Å²) in [5, 5.41) is 2.76. The molecule has 5 nitrogen and oxygen atoms in total. The Kier molecular flexibility index (Phi) is 6.11. The molecule has 0 aliphatic carbocycles. The van der Waals surface area contributed by atoms with Gasteiger partial charge in [0.1, 0.15) is 0 Å². The second-order valence-corrected chi connectivity index (χ2v) is 4.37. The van der Waals surface area contributed by atoms with E-state index in [0.717, 1.165) is 6.42 Å². The molecule has 1 saturated heterocycles. The van der Waals surface area contributed by atoms with Crippen molar-refractivity contribution in [2.24, 2.45) is 0 Å². The number of alkyl halides is 1. The highest BCUT2D eigenvalue weighted by atomic mass is 35.5. The highest BCUT2D eigenvalue weighted by molar-refractivity contribution is 6.17. The number of carbonyl (C=O) groups excluding carboxylic acids is 2. The van der Waals surface area contributed by atoms with Crippen LogP contribution in [0.2, 0.25) is 0 Å². The van der Waals surface area contributed by atoms with Crippen molar-refractivity contribution in [1.82, 2.24) is 15.1 Å². The lowest BCUT2D eigenvalue weighted by atomic mass is 10.2. The van der Waals surface area contributed by atoms with Crippen molar-refractivity contribution in [2.45, 2.75) is 19.8 Å². The summed E-state index contributed by atoms with van der Waals surface area (Å²) in [6, 6.07) is -0.0413. The predicted octanol–water partition coefficient (Wildman–Crippen LogP) is 0.879. The Morgan fingerprint density at radius 2 is 1.76 bits per heavy atom. The van der Waals surface area contributed by atoms with Gasteiger partial charge in [-0.2, -0.15) is 0 Å². The molecule has 17 heavy (non-hydrogen) atoms. The molecule has 1 N–H and O–H groups in total. The van der Waals surface area contributed by atoms with Crippen molar-refractivity contribution in [2.75, 3.05) is 38.6 Å². The van der Waals surface area contributed by atoms with Gasteiger partial charge in [-0.25, -0.2) is 4.79 Å². The summed E-state index contributed by atoms with van der Waals surface area (Å²) in [4.78, 5) is 26.8. The highest BCUT2D eigenvalue weighted by Crippen LogP contribution is 2.05. The van der Waals surface area contributed by atoms with Crippen LogP contribution in [0.4, 0.5) is 4.79 Å². The maximum absolute atomic E-state index is 11.7. The van der Waals surface area contributed by atoms with Crippen LogP contribution in [0.25, 0.3) is 0 Å². The number of rotatable bonds is 4. The minimum Gasteiger partial charge on any atom is -0.339 e. The average Bonchev–Trinajstić information content (AvgIpc) is 2.36. The summed E-state index contributed by atoms with van der Waals surface area (Å²) >= 11 is 5.55. The number of hydrogen-bond donors (Lipinski definition) is 1. The Bertz CT molecular complexity index is 265. The zero-order chi connectivity index (χ0) is 12.7. The van der Waals surface area contributed by atoms with Gasteiger partial charge in [0.15, 0.2) is 0 Å². The number of amides is 3. The summed E-state index contributed by atoms with van der Waals surface area (Å²) in [6.45, 7) is 4.99. The molecule has 0 spiro atoms. The normalized spacial score (nSPS) is 15.9. The van der Waals surface area contributed by atoms with Crippen LogP contribution in [0.1, 0.15) is 19.8 Å². The number of nitrogens with zero attached hydrogens (tertiary/aromatic N) is 2. The van der Waals surface area contributed by atoms with Crippen LogP contribution in [0.5, 0.6) is 0 Å². The van der Waals surface area contributed by atoms with Gasteiger partial charge in [0.2, 0.25) is 5.91 Å². The van der Waals surface area contributed by atoms with Gasteiger partial charge in [-0.1, -0.05) is 0 Å². The molecule has 1 aliphatic rings. The van der Waals surface area contributed by atoms with Crippen molar-refractivity contribution >= 4 is 23.5 Å². The number of carbonyl (C=O) groups is 2. The fraction of sp³-hybridized carbons (Fsp3) is 0.818. The molecule has 0 unspecified atom stereocenters. The van der Waals surface area contributed by atoms with Gasteiger partial charge in [-0.15, -0.1) is 11.6 Å². The van der Waals surface area contributed by atoms with Gasteiger partial charge >= 0.3 is 6.03 Å². The molecule has 6 heteroatoms. The Morgan fingerprint density at radius 1 is 1.18 bits per heavy atom. The fourth-order valence-corrected chi connectivity index (χ4v) is 1.93. The lowest BCUT2D eigenvalue weighted by Gasteiger charge is -2.34. The van der Waals surface area contributed by atoms with Crippen LogP contribution in [0, 0.1) is 0 Å². The lowest BCUT2D eigenvalue weighted by molar-refractivity contribution is -0.132. The van der Waals surface area contributed by atoms with E-state index in [9.17, 15) is 9.59 Å². The topological polar surface area (TPSA) is 52.7 Å². The van der Waals surface area contributed by atoms with Crippen LogP contribution in [0.3, 0.4) is 0 Å². The number of piperazine rings is 1. The molecular formula is C11H20ClN3O2. The molecule has 0 atom stereocenters. The molecule has 0 aromatic carbocycles. The monoisotopic (exact) mass is 261 g/mol. The zero-order valence-corrected chi connectivity index (χ0v) is 11.0. The molecule has 0 radical (unpaired) electrons. The van der Waals surface area contributed by atoms with Crippen molar-refractivity contribution < 1.29 is 9.59 Å². The van der Waals surface area contributed by atoms with Gasteiger partial charge in [0.05, 0.1) is 0 Å². The lowest BCUT2D eigenvalue weighted by Crippen LogP contribution is -2.53. The third-order valence-corrected chi connectivity index (χ3v) is 3.04. The van der Waals surface area contributed by atoms with E-state index in [1.165, 1.54) is 0 Å². The predicted molar refractivity (Wildman–Crippen MR) is 67.2 cm³/mol. The fourth-order valence-electron chi connectivity index (χ4n) is 1.80. The first-order valence-corrected chi connectivity index (χ1v) is 6.59. The van der Waals surface area contributed by atoms with E-state index in [4.69, 9.17) is 11.6 Å². The zero-order valence-electron chi connectivity index (χ0n) is 10.2. The summed E-state index contributed by atoms with van der Waals surface area (Å²) in [7, 11) is 0. The third-order valence-electron chi connectivity index (χ3n) is 2.77. The van der Waals surface area contributed by atoms with Crippen molar-refractivity contribution in [1.29, 1.82) is 0 Å². The van der Waals surface area contributed by atoms with Gasteiger partial charge in [-0.3, -0.25) is 4.79 Å². The van der Waals surface area contributed by atoms with Crippen LogP contribution >= 0.6 is 11.6 Å². The highest BCUT2D eigenvalue weighted by Gasteiger charge is 2.23. The van der Waals surface area contributed by atoms with Gasteiger partial charge in [0.25, 0.3) is 0 Å². The second-order valence-electron chi connectivity index (χ2n) is 4.00. The molecule has 98 valence electrons. The second kappa shape index (κ2) is 7.37. The SMILES string of the molecule is CCNC(=O)N1CCN(C(=O)CCCCl)CC1. The molecule has 1 heterocycles. The summed E-state index contributed by atoms with van der Waals surface area (Å²) < 4.78 is 0. The quantitative estimate of drug-likeness (QED) is 0.764. The largest absolute Gasteiger partial charge is 0.339 e. The van der Waals surface area contributed by atoms with Crippen molar-refractivity contribution in [3.05, 3.63) is 0 Å². The average molecular weight is 262 g/mol. The Labute approximate surface area is 107 Å². The minimum atomic E-state index is -0.0413. The first-order valence-electron chi connectivity index (χ1n) is 6.05. The molecule has 0 bridgehead atoms. The third kappa shape index (κ3) is 4.42. The molecule has 0 saturated carbocycles. The van der Waals surface area contributed by atoms with Crippen LogP contribution < -0.4 is 5.32 Å². The first kappa shape index (κ1) is 14.1. The first-order chi connectivity index (χ1) is 8.19. The van der Waals surface area contributed by atoms with E-state index in [0.29, 0.717) is 45.0 Å². The molecule has 3 amide bonds. The van der Waals surface area contributed by atoms with Crippen molar-refractivity contribution in [3.63, 3.8) is 0 Å². The van der Waals surface area contributed by atoms with E-state index < -0.39 is 0 Å². The Hall–Kier alpha value is -0.970. The maximum Gasteiger partial charge on any atom is 0.317 e. The number of nitrogens with one attached hydrogen (secondary N) is 1. The Balaban J connectivity index is 2.30. The van der Waals surface area contributed by atoms with Crippen LogP contribution in [-0.4, -0.2) is 60.3 Å². The van der Waals surface area contributed by atoms with Gasteiger partial charge in [0, 0.05) is 45.0 Å². The molecule has 1 fully saturated rings. The smallest absolute Gasteiger partial charge is 0.317 e. The van der Waals surface area contributed by atoms with E-state index in [-0.39, 0.29) is 11.9 Å². The van der Waals surface area contributed by atoms with Gasteiger partial charge < -0.3 is 15.1 Å². The maximum atomic E-state index is 11.7. The van der Waals surface area contributed by atoms with Crippen LogP contribution in [0.15, 0.2) is 0 Å². The summed E-state index contributed by atoms with van der Waals surface area (Å²) in [6.07, 6.45) is 1.22. The number of urea groups is 1. The van der Waals surface area contributed by atoms with E-state index in [2.05, 4.69) is 5.32 Å². The van der Waals surface area contributed by atoms with E-state index in [1.54, 1.807) is 4.90 Å². The van der Waals surface area contributed by atoms with Gasteiger partial charge in [-0.05, 0) is 13.3 Å². The molecule has 0 aromatic heterocycles. The van der Waals surface area contributed by atoms with Crippen LogP contribution in [-0.2, 0) is 4.79 Å². The number of halogens is 1. The molecule has 1 rings (SSSR count). The Morgan fingerprint density at radius 3 is 2.29 bits per heavy atom. The minimum absolute atomic E-state index is 0.0413. The van der Waals surface area contributed by atoms with Crippen molar-refractivity contribution in [3.8, 4) is 0 Å².